The molecule has 0 radical (unpaired) electrons. The van der Waals surface area contributed by atoms with Crippen LogP contribution in [0.25, 0.3) is 10.9 Å². The first-order chi connectivity index (χ1) is 11.8. The highest BCUT2D eigenvalue weighted by molar-refractivity contribution is 7.98. The Morgan fingerprint density at radius 1 is 1.33 bits per heavy atom. The van der Waals surface area contributed by atoms with Gasteiger partial charge in [-0.25, -0.2) is 4.98 Å². The van der Waals surface area contributed by atoms with Crippen LogP contribution in [0.2, 0.25) is 0 Å². The molecule has 0 atom stereocenters. The van der Waals surface area contributed by atoms with E-state index in [1.165, 1.54) is 16.3 Å². The SMILES string of the molecule is N#CCn1c(CSc2nnc(C3CC3)o2)nc2ccccc2c1=O. The molecule has 0 unspecified atom stereocenters. The molecule has 24 heavy (non-hydrogen) atoms. The molecular weight excluding hydrogens is 326 g/mol. The minimum atomic E-state index is -0.207. The van der Waals surface area contributed by atoms with Crippen molar-refractivity contribution in [2.24, 2.45) is 0 Å². The number of nitriles is 1. The molecule has 7 nitrogen and oxygen atoms in total. The van der Waals surface area contributed by atoms with E-state index in [9.17, 15) is 4.79 Å². The predicted molar refractivity (Wildman–Crippen MR) is 87.5 cm³/mol. The maximum Gasteiger partial charge on any atom is 0.277 e. The van der Waals surface area contributed by atoms with Gasteiger partial charge in [-0.05, 0) is 25.0 Å². The molecule has 120 valence electrons. The summed E-state index contributed by atoms with van der Waals surface area (Å²) in [5.41, 5.74) is 0.415. The summed E-state index contributed by atoms with van der Waals surface area (Å²) >= 11 is 1.32. The molecule has 0 aliphatic heterocycles. The molecule has 1 aliphatic carbocycles. The van der Waals surface area contributed by atoms with Crippen molar-refractivity contribution in [1.82, 2.24) is 19.7 Å². The summed E-state index contributed by atoms with van der Waals surface area (Å²) in [4.78, 5) is 17.1. The number of nitrogens with zero attached hydrogens (tertiary/aromatic N) is 5. The van der Waals surface area contributed by atoms with Gasteiger partial charge in [0.15, 0.2) is 0 Å². The van der Waals surface area contributed by atoms with Crippen molar-refractivity contribution in [3.05, 3.63) is 46.3 Å². The molecule has 0 spiro atoms. The average Bonchev–Trinajstić information content (AvgIpc) is 3.35. The van der Waals surface area contributed by atoms with E-state index in [2.05, 4.69) is 15.2 Å². The summed E-state index contributed by atoms with van der Waals surface area (Å²) < 4.78 is 7.00. The Kier molecular flexibility index (Phi) is 3.78. The Labute approximate surface area is 141 Å². The van der Waals surface area contributed by atoms with Crippen LogP contribution in [0.3, 0.4) is 0 Å². The second kappa shape index (κ2) is 6.09. The van der Waals surface area contributed by atoms with Crippen LogP contribution >= 0.6 is 11.8 Å². The number of hydrogen-bond acceptors (Lipinski definition) is 7. The summed E-state index contributed by atoms with van der Waals surface area (Å²) in [6.45, 7) is -0.0380. The van der Waals surface area contributed by atoms with E-state index < -0.39 is 0 Å². The van der Waals surface area contributed by atoms with Gasteiger partial charge in [0.05, 0.1) is 22.7 Å². The molecule has 1 saturated carbocycles. The Bertz CT molecular complexity index is 1000. The number of aromatic nitrogens is 4. The van der Waals surface area contributed by atoms with Crippen molar-refractivity contribution in [3.8, 4) is 6.07 Å². The van der Waals surface area contributed by atoms with Crippen molar-refractivity contribution < 1.29 is 4.42 Å². The number of rotatable bonds is 5. The van der Waals surface area contributed by atoms with Crippen LogP contribution in [0.1, 0.15) is 30.5 Å². The van der Waals surface area contributed by atoms with Crippen molar-refractivity contribution in [3.63, 3.8) is 0 Å². The van der Waals surface area contributed by atoms with Gasteiger partial charge in [0.2, 0.25) is 5.89 Å². The first kappa shape index (κ1) is 14.9. The van der Waals surface area contributed by atoms with Crippen LogP contribution in [0.5, 0.6) is 0 Å². The monoisotopic (exact) mass is 339 g/mol. The maximum absolute atomic E-state index is 12.6. The standard InChI is InChI=1S/C16H13N5O2S/c17-7-8-21-13(18-12-4-2-1-3-11(12)15(21)22)9-24-16-20-19-14(23-16)10-5-6-10/h1-4,10H,5-6,8-9H2. The van der Waals surface area contributed by atoms with Gasteiger partial charge in [-0.15, -0.1) is 10.2 Å². The largest absolute Gasteiger partial charge is 0.416 e. The summed E-state index contributed by atoms with van der Waals surface area (Å²) in [5.74, 6) is 1.99. The Morgan fingerprint density at radius 3 is 2.96 bits per heavy atom. The molecule has 2 aromatic heterocycles. The van der Waals surface area contributed by atoms with E-state index in [-0.39, 0.29) is 12.1 Å². The first-order valence-electron chi connectivity index (χ1n) is 7.58. The fourth-order valence-corrected chi connectivity index (χ4v) is 3.17. The number of fused-ring (bicyclic) bond motifs is 1. The molecule has 1 aromatic carbocycles. The van der Waals surface area contributed by atoms with Gasteiger partial charge in [0.25, 0.3) is 10.8 Å². The van der Waals surface area contributed by atoms with Crippen molar-refractivity contribution in [2.75, 3.05) is 0 Å². The topological polar surface area (TPSA) is 97.6 Å². The van der Waals surface area contributed by atoms with Crippen LogP contribution in [0.4, 0.5) is 0 Å². The third kappa shape index (κ3) is 2.78. The minimum absolute atomic E-state index is 0.0380. The molecule has 0 amide bonds. The molecule has 4 rings (SSSR count). The highest BCUT2D eigenvalue weighted by Gasteiger charge is 2.29. The van der Waals surface area contributed by atoms with E-state index in [1.54, 1.807) is 18.2 Å². The molecule has 1 fully saturated rings. The molecule has 0 saturated heterocycles. The van der Waals surface area contributed by atoms with Gasteiger partial charge in [0, 0.05) is 5.92 Å². The van der Waals surface area contributed by atoms with Crippen molar-refractivity contribution in [2.45, 2.75) is 36.3 Å². The lowest BCUT2D eigenvalue weighted by Gasteiger charge is -2.09. The third-order valence-electron chi connectivity index (χ3n) is 3.84. The fraction of sp³-hybridized carbons (Fsp3) is 0.312. The van der Waals surface area contributed by atoms with E-state index in [4.69, 9.17) is 9.68 Å². The lowest BCUT2D eigenvalue weighted by Crippen LogP contribution is -2.24. The zero-order chi connectivity index (χ0) is 16.5. The highest BCUT2D eigenvalue weighted by atomic mass is 32.2. The first-order valence-corrected chi connectivity index (χ1v) is 8.56. The van der Waals surface area contributed by atoms with Gasteiger partial charge >= 0.3 is 0 Å². The van der Waals surface area contributed by atoms with Crippen molar-refractivity contribution >= 4 is 22.7 Å². The Balaban J connectivity index is 1.65. The molecule has 0 N–H and O–H groups in total. The zero-order valence-corrected chi connectivity index (χ0v) is 13.5. The van der Waals surface area contributed by atoms with Gasteiger partial charge in [-0.3, -0.25) is 9.36 Å². The molecular formula is C16H13N5O2S. The summed E-state index contributed by atoms with van der Waals surface area (Å²) in [6, 6.07) is 9.15. The second-order valence-corrected chi connectivity index (χ2v) is 6.49. The summed E-state index contributed by atoms with van der Waals surface area (Å²) in [5, 5.41) is 18.0. The Morgan fingerprint density at radius 2 is 2.17 bits per heavy atom. The maximum atomic E-state index is 12.6. The van der Waals surface area contributed by atoms with Gasteiger partial charge in [0.1, 0.15) is 12.4 Å². The number of benzene rings is 1. The molecule has 1 aliphatic rings. The molecule has 8 heteroatoms. The number of para-hydroxylation sites is 1. The van der Waals surface area contributed by atoms with Crippen LogP contribution in [-0.4, -0.2) is 19.7 Å². The quantitative estimate of drug-likeness (QED) is 0.659. The van der Waals surface area contributed by atoms with E-state index in [0.717, 1.165) is 12.8 Å². The van der Waals surface area contributed by atoms with E-state index >= 15 is 0 Å². The lowest BCUT2D eigenvalue weighted by atomic mass is 10.2. The normalized spacial score (nSPS) is 14.0. The van der Waals surface area contributed by atoms with Crippen LogP contribution in [0, 0.1) is 11.3 Å². The van der Waals surface area contributed by atoms with Crippen LogP contribution < -0.4 is 5.56 Å². The number of thioether (sulfide) groups is 1. The predicted octanol–water partition coefficient (Wildman–Crippen LogP) is 2.47. The summed E-state index contributed by atoms with van der Waals surface area (Å²) in [7, 11) is 0. The minimum Gasteiger partial charge on any atom is -0.416 e. The van der Waals surface area contributed by atoms with E-state index in [1.807, 2.05) is 12.1 Å². The molecule has 0 bridgehead atoms. The fourth-order valence-electron chi connectivity index (χ4n) is 2.46. The highest BCUT2D eigenvalue weighted by Crippen LogP contribution is 2.40. The van der Waals surface area contributed by atoms with Crippen LogP contribution in [-0.2, 0) is 12.3 Å². The van der Waals surface area contributed by atoms with Crippen LogP contribution in [0.15, 0.2) is 38.7 Å². The molecule has 3 aromatic rings. The summed E-state index contributed by atoms with van der Waals surface area (Å²) in [6.07, 6.45) is 2.19. The van der Waals surface area contributed by atoms with Gasteiger partial charge in [-0.2, -0.15) is 5.26 Å². The average molecular weight is 339 g/mol. The Hall–Kier alpha value is -2.66. The van der Waals surface area contributed by atoms with Crippen molar-refractivity contribution in [1.29, 1.82) is 5.26 Å². The smallest absolute Gasteiger partial charge is 0.277 e. The zero-order valence-electron chi connectivity index (χ0n) is 12.7. The molecule has 2 heterocycles. The van der Waals surface area contributed by atoms with E-state index in [0.29, 0.717) is 39.5 Å². The second-order valence-electron chi connectivity index (χ2n) is 5.56. The number of hydrogen-bond donors (Lipinski definition) is 0. The van der Waals surface area contributed by atoms with Gasteiger partial charge in [-0.1, -0.05) is 23.9 Å². The van der Waals surface area contributed by atoms with Gasteiger partial charge < -0.3 is 4.42 Å². The third-order valence-corrected chi connectivity index (χ3v) is 4.66. The lowest BCUT2D eigenvalue weighted by molar-refractivity contribution is 0.414.